The van der Waals surface area contributed by atoms with E-state index in [1.165, 1.54) is 4.90 Å². The smallest absolute Gasteiger partial charge is 0.240 e. The topological polar surface area (TPSA) is 84.9 Å². The van der Waals surface area contributed by atoms with Crippen LogP contribution in [0.3, 0.4) is 0 Å². The van der Waals surface area contributed by atoms with Crippen LogP contribution < -0.4 is 10.1 Å². The van der Waals surface area contributed by atoms with Crippen molar-refractivity contribution in [3.05, 3.63) is 65.7 Å². The number of nitrogens with one attached hydrogen (secondary N) is 1. The molecule has 1 N–H and O–H groups in total. The highest BCUT2D eigenvalue weighted by Gasteiger charge is 2.53. The molecule has 31 heavy (non-hydrogen) atoms. The second-order valence-electron chi connectivity index (χ2n) is 7.62. The Balaban J connectivity index is 1.75. The molecular weight excluding hydrogens is 396 g/mol. The van der Waals surface area contributed by atoms with Gasteiger partial charge in [-0.15, -0.1) is 0 Å². The summed E-state index contributed by atoms with van der Waals surface area (Å²) in [6.07, 6.45) is 0.458. The summed E-state index contributed by atoms with van der Waals surface area (Å²) in [4.78, 5) is 40.2. The maximum Gasteiger partial charge on any atom is 0.240 e. The minimum absolute atomic E-state index is 0.0151. The number of imide groups is 1. The Bertz CT molecular complexity index is 913. The second-order valence-corrected chi connectivity index (χ2v) is 7.62. The van der Waals surface area contributed by atoms with Gasteiger partial charge >= 0.3 is 0 Å². The third-order valence-corrected chi connectivity index (χ3v) is 5.58. The fourth-order valence-electron chi connectivity index (χ4n) is 3.90. The van der Waals surface area contributed by atoms with Crippen LogP contribution in [0.2, 0.25) is 0 Å². The van der Waals surface area contributed by atoms with Gasteiger partial charge in [-0.2, -0.15) is 0 Å². The molecule has 0 radical (unpaired) electrons. The Morgan fingerprint density at radius 3 is 2.42 bits per heavy atom. The van der Waals surface area contributed by atoms with Gasteiger partial charge < -0.3 is 14.8 Å². The minimum Gasteiger partial charge on any atom is -0.497 e. The van der Waals surface area contributed by atoms with E-state index in [4.69, 9.17) is 9.47 Å². The lowest BCUT2D eigenvalue weighted by Gasteiger charge is -2.27. The number of ether oxygens (including phenoxy) is 2. The number of benzene rings is 2. The number of rotatable bonds is 10. The van der Waals surface area contributed by atoms with Crippen LogP contribution >= 0.6 is 0 Å². The average molecular weight is 424 g/mol. The van der Waals surface area contributed by atoms with E-state index in [9.17, 15) is 14.4 Å². The zero-order valence-electron chi connectivity index (χ0n) is 17.9. The van der Waals surface area contributed by atoms with Crippen LogP contribution in [0.5, 0.6) is 5.75 Å². The summed E-state index contributed by atoms with van der Waals surface area (Å²) >= 11 is 0. The van der Waals surface area contributed by atoms with Gasteiger partial charge in [-0.05, 0) is 29.7 Å². The van der Waals surface area contributed by atoms with Gasteiger partial charge in [-0.1, -0.05) is 42.5 Å². The molecule has 7 heteroatoms. The summed E-state index contributed by atoms with van der Waals surface area (Å²) in [5.41, 5.74) is 0.412. The molecule has 3 rings (SSSR count). The molecule has 2 aromatic carbocycles. The summed E-state index contributed by atoms with van der Waals surface area (Å²) in [5, 5.41) is 2.88. The van der Waals surface area contributed by atoms with Crippen LogP contribution in [0.15, 0.2) is 54.6 Å². The van der Waals surface area contributed by atoms with Crippen molar-refractivity contribution in [2.24, 2.45) is 0 Å². The van der Waals surface area contributed by atoms with Crippen LogP contribution in [-0.4, -0.2) is 50.0 Å². The van der Waals surface area contributed by atoms with Gasteiger partial charge in [-0.3, -0.25) is 19.3 Å². The Labute approximate surface area is 182 Å². The fraction of sp³-hybridized carbons (Fsp3) is 0.375. The summed E-state index contributed by atoms with van der Waals surface area (Å²) in [5.74, 6) is -0.117. The number of amides is 3. The Morgan fingerprint density at radius 2 is 1.77 bits per heavy atom. The molecule has 1 aliphatic rings. The molecule has 3 amide bonds. The lowest BCUT2D eigenvalue weighted by Crippen LogP contribution is -2.42. The number of likely N-dealkylation sites (tertiary alicyclic amines) is 1. The Morgan fingerprint density at radius 1 is 1.06 bits per heavy atom. The Hall–Kier alpha value is -3.19. The first kappa shape index (κ1) is 22.5. The summed E-state index contributed by atoms with van der Waals surface area (Å²) < 4.78 is 10.2. The fourth-order valence-corrected chi connectivity index (χ4v) is 3.90. The monoisotopic (exact) mass is 424 g/mol. The van der Waals surface area contributed by atoms with E-state index in [1.807, 2.05) is 42.5 Å². The van der Waals surface area contributed by atoms with Crippen molar-refractivity contribution in [3.8, 4) is 5.75 Å². The van der Waals surface area contributed by atoms with Gasteiger partial charge in [0.1, 0.15) is 5.75 Å². The minimum atomic E-state index is -1.19. The second kappa shape index (κ2) is 10.2. The largest absolute Gasteiger partial charge is 0.497 e. The van der Waals surface area contributed by atoms with Gasteiger partial charge in [0.15, 0.2) is 0 Å². The standard InChI is InChI=1S/C24H28N2O5/c1-30-14-6-13-26-22(28)16-24(23(26)29,19-7-4-3-5-8-19)15-21(27)25-17-18-9-11-20(31-2)12-10-18/h3-5,7-12H,6,13-17H2,1-2H3,(H,25,27). The molecule has 1 saturated heterocycles. The third kappa shape index (κ3) is 5.11. The number of carbonyl (C=O) groups is 3. The first-order valence-corrected chi connectivity index (χ1v) is 10.3. The molecule has 164 valence electrons. The van der Waals surface area contributed by atoms with E-state index in [-0.39, 0.29) is 37.1 Å². The third-order valence-electron chi connectivity index (χ3n) is 5.58. The van der Waals surface area contributed by atoms with E-state index < -0.39 is 5.41 Å². The van der Waals surface area contributed by atoms with Gasteiger partial charge in [0.2, 0.25) is 17.7 Å². The van der Waals surface area contributed by atoms with Gasteiger partial charge in [0.25, 0.3) is 0 Å². The van der Waals surface area contributed by atoms with Crippen molar-refractivity contribution in [1.82, 2.24) is 10.2 Å². The van der Waals surface area contributed by atoms with Crippen LogP contribution in [0.1, 0.15) is 30.4 Å². The van der Waals surface area contributed by atoms with Crippen molar-refractivity contribution >= 4 is 17.7 Å². The van der Waals surface area contributed by atoms with Crippen LogP contribution in [0.25, 0.3) is 0 Å². The molecular formula is C24H28N2O5. The molecule has 1 fully saturated rings. The maximum atomic E-state index is 13.4. The van der Waals surface area contributed by atoms with E-state index in [1.54, 1.807) is 26.4 Å². The molecule has 7 nitrogen and oxygen atoms in total. The van der Waals surface area contributed by atoms with Gasteiger partial charge in [0, 0.05) is 39.6 Å². The molecule has 1 unspecified atom stereocenters. The highest BCUT2D eigenvalue weighted by Crippen LogP contribution is 2.39. The molecule has 1 heterocycles. The van der Waals surface area contributed by atoms with Crippen molar-refractivity contribution in [2.45, 2.75) is 31.2 Å². The van der Waals surface area contributed by atoms with Crippen molar-refractivity contribution < 1.29 is 23.9 Å². The first-order valence-electron chi connectivity index (χ1n) is 10.3. The van der Waals surface area contributed by atoms with Crippen molar-refractivity contribution in [2.75, 3.05) is 27.4 Å². The molecule has 0 saturated carbocycles. The summed E-state index contributed by atoms with van der Waals surface area (Å²) in [6, 6.07) is 16.5. The van der Waals surface area contributed by atoms with Gasteiger partial charge in [0.05, 0.1) is 12.5 Å². The van der Waals surface area contributed by atoms with Crippen molar-refractivity contribution in [1.29, 1.82) is 0 Å². The Kier molecular flexibility index (Phi) is 7.41. The van der Waals surface area contributed by atoms with E-state index in [2.05, 4.69) is 5.32 Å². The number of nitrogens with zero attached hydrogens (tertiary/aromatic N) is 1. The maximum absolute atomic E-state index is 13.4. The van der Waals surface area contributed by atoms with E-state index >= 15 is 0 Å². The van der Waals surface area contributed by atoms with Crippen LogP contribution in [0, 0.1) is 0 Å². The summed E-state index contributed by atoms with van der Waals surface area (Å²) in [6.45, 7) is 1.07. The quantitative estimate of drug-likeness (QED) is 0.468. The average Bonchev–Trinajstić information content (AvgIpc) is 3.03. The van der Waals surface area contributed by atoms with Crippen molar-refractivity contribution in [3.63, 3.8) is 0 Å². The lowest BCUT2D eigenvalue weighted by molar-refractivity contribution is -0.141. The number of hydrogen-bond acceptors (Lipinski definition) is 5. The molecule has 0 bridgehead atoms. The molecule has 1 aliphatic heterocycles. The highest BCUT2D eigenvalue weighted by atomic mass is 16.5. The number of methoxy groups -OCH3 is 2. The number of carbonyl (C=O) groups excluding carboxylic acids is 3. The van der Waals surface area contributed by atoms with Crippen LogP contribution in [-0.2, 0) is 31.1 Å². The molecule has 2 aromatic rings. The SMILES string of the molecule is COCCCN1C(=O)CC(CC(=O)NCc2ccc(OC)cc2)(c2ccccc2)C1=O. The molecule has 1 atom stereocenters. The molecule has 0 spiro atoms. The summed E-state index contributed by atoms with van der Waals surface area (Å²) in [7, 11) is 3.17. The normalized spacial score (nSPS) is 18.3. The van der Waals surface area contributed by atoms with E-state index in [0.717, 1.165) is 11.3 Å². The zero-order chi connectivity index (χ0) is 22.3. The zero-order valence-corrected chi connectivity index (χ0v) is 17.9. The first-order chi connectivity index (χ1) is 15.0. The molecule has 0 aromatic heterocycles. The molecule has 0 aliphatic carbocycles. The number of hydrogen-bond donors (Lipinski definition) is 1. The van der Waals surface area contributed by atoms with Crippen LogP contribution in [0.4, 0.5) is 0 Å². The van der Waals surface area contributed by atoms with E-state index in [0.29, 0.717) is 25.1 Å². The predicted molar refractivity (Wildman–Crippen MR) is 115 cm³/mol. The highest BCUT2D eigenvalue weighted by molar-refractivity contribution is 6.10. The van der Waals surface area contributed by atoms with Gasteiger partial charge in [-0.25, -0.2) is 0 Å². The lowest BCUT2D eigenvalue weighted by atomic mass is 9.75. The predicted octanol–water partition coefficient (Wildman–Crippen LogP) is 2.43.